The van der Waals surface area contributed by atoms with Gasteiger partial charge in [0.25, 0.3) is 0 Å². The summed E-state index contributed by atoms with van der Waals surface area (Å²) >= 11 is 0. The highest BCUT2D eigenvalue weighted by Crippen LogP contribution is 2.35. The van der Waals surface area contributed by atoms with Gasteiger partial charge in [-0.2, -0.15) is 0 Å². The number of ether oxygens (including phenoxy) is 1. The van der Waals surface area contributed by atoms with Gasteiger partial charge in [-0.3, -0.25) is 0 Å². The van der Waals surface area contributed by atoms with Crippen molar-refractivity contribution in [1.82, 2.24) is 0 Å². The van der Waals surface area contributed by atoms with E-state index in [9.17, 15) is 4.79 Å². The number of benzene rings is 2. The highest BCUT2D eigenvalue weighted by atomic mass is 28.3. The lowest BCUT2D eigenvalue weighted by atomic mass is 9.83. The van der Waals surface area contributed by atoms with Crippen molar-refractivity contribution in [3.63, 3.8) is 0 Å². The Morgan fingerprint density at radius 3 is 1.75 bits per heavy atom. The zero-order valence-electron chi connectivity index (χ0n) is 15.3. The van der Waals surface area contributed by atoms with Gasteiger partial charge >= 0.3 is 0 Å². The molecule has 0 saturated carbocycles. The summed E-state index contributed by atoms with van der Waals surface area (Å²) in [4.78, 5) is 13.3. The van der Waals surface area contributed by atoms with E-state index in [0.29, 0.717) is 5.41 Å². The standard InChI is InChI=1S/C21H28O2Si/c1-16(17-12-8-6-9-13-17)20(23-2)19(21(22)24(3,4)5)18-14-10-7-11-15-18/h6-16,19-20H,1-5H3. The number of carbonyl (C=O) groups excluding carboxylic acids is 1. The molecule has 24 heavy (non-hydrogen) atoms. The van der Waals surface area contributed by atoms with Crippen LogP contribution in [0.4, 0.5) is 0 Å². The Hall–Kier alpha value is -1.71. The highest BCUT2D eigenvalue weighted by Gasteiger charge is 2.39. The van der Waals surface area contributed by atoms with Crippen molar-refractivity contribution in [2.75, 3.05) is 7.11 Å². The average Bonchev–Trinajstić information content (AvgIpc) is 2.59. The second-order valence-electron chi connectivity index (χ2n) is 7.40. The molecule has 0 aliphatic rings. The summed E-state index contributed by atoms with van der Waals surface area (Å²) in [5.74, 6) is -0.0835. The molecule has 0 aliphatic carbocycles. The number of hydrogen-bond donors (Lipinski definition) is 0. The summed E-state index contributed by atoms with van der Waals surface area (Å²) in [6.45, 7) is 8.50. The molecule has 2 rings (SSSR count). The minimum Gasteiger partial charge on any atom is -0.380 e. The van der Waals surface area contributed by atoms with Gasteiger partial charge in [-0.05, 0) is 11.1 Å². The van der Waals surface area contributed by atoms with E-state index in [1.54, 1.807) is 7.11 Å². The summed E-state index contributed by atoms with van der Waals surface area (Å²) in [7, 11) is -0.231. The average molecular weight is 341 g/mol. The molecule has 0 heterocycles. The number of hydrogen-bond acceptors (Lipinski definition) is 2. The molecule has 0 spiro atoms. The number of methoxy groups -OCH3 is 1. The van der Waals surface area contributed by atoms with Crippen LogP contribution in [0, 0.1) is 0 Å². The molecule has 0 aromatic heterocycles. The molecule has 0 amide bonds. The Morgan fingerprint density at radius 2 is 1.33 bits per heavy atom. The van der Waals surface area contributed by atoms with Gasteiger partial charge < -0.3 is 9.53 Å². The van der Waals surface area contributed by atoms with Crippen LogP contribution in [0.5, 0.6) is 0 Å². The van der Waals surface area contributed by atoms with Crippen molar-refractivity contribution in [2.45, 2.75) is 44.5 Å². The first-order valence-corrected chi connectivity index (χ1v) is 12.0. The fraction of sp³-hybridized carbons (Fsp3) is 0.381. The van der Waals surface area contributed by atoms with Crippen molar-refractivity contribution in [2.24, 2.45) is 0 Å². The van der Waals surface area contributed by atoms with E-state index in [1.165, 1.54) is 5.56 Å². The number of carbonyl (C=O) groups is 1. The van der Waals surface area contributed by atoms with Crippen LogP contribution in [-0.4, -0.2) is 26.7 Å². The van der Waals surface area contributed by atoms with E-state index < -0.39 is 8.07 Å². The maximum atomic E-state index is 13.3. The topological polar surface area (TPSA) is 26.3 Å². The summed E-state index contributed by atoms with van der Waals surface area (Å²) in [6, 6.07) is 20.4. The fourth-order valence-electron chi connectivity index (χ4n) is 3.19. The Morgan fingerprint density at radius 1 is 0.875 bits per heavy atom. The van der Waals surface area contributed by atoms with Crippen LogP contribution in [0.2, 0.25) is 19.6 Å². The molecule has 3 unspecified atom stereocenters. The van der Waals surface area contributed by atoms with Gasteiger partial charge in [0.1, 0.15) is 13.5 Å². The lowest BCUT2D eigenvalue weighted by Gasteiger charge is -2.33. The zero-order valence-corrected chi connectivity index (χ0v) is 16.3. The van der Waals surface area contributed by atoms with Crippen LogP contribution < -0.4 is 0 Å². The van der Waals surface area contributed by atoms with Gasteiger partial charge in [-0.15, -0.1) is 0 Å². The molecule has 3 atom stereocenters. The van der Waals surface area contributed by atoms with Gasteiger partial charge in [0.05, 0.1) is 12.0 Å². The van der Waals surface area contributed by atoms with Crippen molar-refractivity contribution >= 4 is 13.5 Å². The number of rotatable bonds is 7. The molecule has 2 aromatic carbocycles. The normalized spacial score (nSPS) is 15.5. The zero-order chi connectivity index (χ0) is 17.7. The van der Waals surface area contributed by atoms with E-state index in [-0.39, 0.29) is 17.9 Å². The molecule has 0 aliphatic heterocycles. The van der Waals surface area contributed by atoms with Crippen molar-refractivity contribution in [3.8, 4) is 0 Å². The molecule has 0 fully saturated rings. The Balaban J connectivity index is 2.46. The quantitative estimate of drug-likeness (QED) is 0.660. The van der Waals surface area contributed by atoms with Crippen LogP contribution in [-0.2, 0) is 9.53 Å². The lowest BCUT2D eigenvalue weighted by molar-refractivity contribution is -0.117. The third-order valence-corrected chi connectivity index (χ3v) is 6.39. The van der Waals surface area contributed by atoms with E-state index in [2.05, 4.69) is 38.7 Å². The van der Waals surface area contributed by atoms with Crippen LogP contribution in [0.3, 0.4) is 0 Å². The highest BCUT2D eigenvalue weighted by molar-refractivity contribution is 7.04. The Kier molecular flexibility index (Phi) is 6.14. The van der Waals surface area contributed by atoms with Crippen LogP contribution in [0.25, 0.3) is 0 Å². The van der Waals surface area contributed by atoms with Gasteiger partial charge in [-0.25, -0.2) is 0 Å². The van der Waals surface area contributed by atoms with Crippen LogP contribution in [0.15, 0.2) is 60.7 Å². The first-order chi connectivity index (χ1) is 11.4. The monoisotopic (exact) mass is 340 g/mol. The summed E-state index contributed by atoms with van der Waals surface area (Å²) in [5, 5.41) is 0.350. The molecular formula is C21H28O2Si. The second kappa shape index (κ2) is 7.91. The van der Waals surface area contributed by atoms with Gasteiger partial charge in [0.2, 0.25) is 0 Å². The Bertz CT molecular complexity index is 647. The van der Waals surface area contributed by atoms with Crippen molar-refractivity contribution in [3.05, 3.63) is 71.8 Å². The third-order valence-electron chi connectivity index (χ3n) is 4.60. The molecule has 3 heteroatoms. The maximum absolute atomic E-state index is 13.3. The maximum Gasteiger partial charge on any atom is 0.124 e. The minimum atomic E-state index is -1.95. The van der Waals surface area contributed by atoms with Gasteiger partial charge in [0, 0.05) is 13.0 Å². The van der Waals surface area contributed by atoms with Crippen molar-refractivity contribution in [1.29, 1.82) is 0 Å². The first-order valence-electron chi connectivity index (χ1n) is 8.53. The predicted octanol–water partition coefficient (Wildman–Crippen LogP) is 5.04. The molecule has 2 nitrogen and oxygen atoms in total. The largest absolute Gasteiger partial charge is 0.380 e. The molecular weight excluding hydrogens is 312 g/mol. The molecule has 128 valence electrons. The lowest BCUT2D eigenvalue weighted by Crippen LogP contribution is -2.44. The van der Waals surface area contributed by atoms with Crippen LogP contribution >= 0.6 is 0 Å². The molecule has 0 radical (unpaired) electrons. The molecule has 0 saturated heterocycles. The van der Waals surface area contributed by atoms with E-state index in [1.807, 2.05) is 48.5 Å². The van der Waals surface area contributed by atoms with E-state index in [4.69, 9.17) is 4.74 Å². The summed E-state index contributed by atoms with van der Waals surface area (Å²) in [6.07, 6.45) is -0.172. The van der Waals surface area contributed by atoms with Gasteiger partial charge in [-0.1, -0.05) is 87.2 Å². The minimum absolute atomic E-state index is 0.140. The second-order valence-corrected chi connectivity index (χ2v) is 12.4. The predicted molar refractivity (Wildman–Crippen MR) is 103 cm³/mol. The first kappa shape index (κ1) is 18.6. The van der Waals surface area contributed by atoms with Crippen molar-refractivity contribution < 1.29 is 9.53 Å². The molecule has 2 aromatic rings. The smallest absolute Gasteiger partial charge is 0.124 e. The van der Waals surface area contributed by atoms with Crippen LogP contribution in [0.1, 0.15) is 29.9 Å². The van der Waals surface area contributed by atoms with E-state index in [0.717, 1.165) is 5.56 Å². The van der Waals surface area contributed by atoms with E-state index >= 15 is 0 Å². The molecule has 0 bridgehead atoms. The Labute approximate surface area is 146 Å². The third kappa shape index (κ3) is 4.22. The summed E-state index contributed by atoms with van der Waals surface area (Å²) < 4.78 is 5.90. The molecule has 0 N–H and O–H groups in total. The fourth-order valence-corrected chi connectivity index (χ4v) is 4.46. The van der Waals surface area contributed by atoms with Gasteiger partial charge in [0.15, 0.2) is 0 Å². The SMILES string of the molecule is COC(C(C)c1ccccc1)C(C(=O)[Si](C)(C)C)c1ccccc1. The summed E-state index contributed by atoms with van der Waals surface area (Å²) in [5.41, 5.74) is 2.26.